The van der Waals surface area contributed by atoms with E-state index in [-0.39, 0.29) is 30.6 Å². The predicted octanol–water partition coefficient (Wildman–Crippen LogP) is 4.33. The number of imide groups is 1. The molecule has 0 spiro atoms. The number of hydrogen-bond acceptors (Lipinski definition) is 4. The maximum atomic E-state index is 14.1. The van der Waals surface area contributed by atoms with Crippen LogP contribution in [0, 0.1) is 11.6 Å². The molecule has 1 atom stereocenters. The third-order valence-corrected chi connectivity index (χ3v) is 6.17. The van der Waals surface area contributed by atoms with Crippen LogP contribution in [0.4, 0.5) is 25.0 Å². The zero-order chi connectivity index (χ0) is 26.0. The van der Waals surface area contributed by atoms with Gasteiger partial charge in [0.2, 0.25) is 5.91 Å². The van der Waals surface area contributed by atoms with Gasteiger partial charge in [0.1, 0.15) is 17.7 Å². The molecule has 0 aliphatic carbocycles. The Morgan fingerprint density at radius 2 is 1.78 bits per heavy atom. The Kier molecular flexibility index (Phi) is 7.37. The van der Waals surface area contributed by atoms with Crippen molar-refractivity contribution < 1.29 is 23.2 Å². The van der Waals surface area contributed by atoms with Crippen LogP contribution in [0.3, 0.4) is 0 Å². The van der Waals surface area contributed by atoms with Crippen molar-refractivity contribution in [3.05, 3.63) is 92.3 Å². The first-order valence-corrected chi connectivity index (χ1v) is 11.4. The Morgan fingerprint density at radius 3 is 2.50 bits per heavy atom. The van der Waals surface area contributed by atoms with E-state index >= 15 is 0 Å². The van der Waals surface area contributed by atoms with Crippen molar-refractivity contribution in [2.45, 2.75) is 25.4 Å². The lowest BCUT2D eigenvalue weighted by Crippen LogP contribution is -2.32. The van der Waals surface area contributed by atoms with Gasteiger partial charge in [-0.25, -0.2) is 18.5 Å². The number of aromatic nitrogens is 1. The van der Waals surface area contributed by atoms with Gasteiger partial charge in [0.15, 0.2) is 0 Å². The molecule has 2 aromatic carbocycles. The molecule has 4 rings (SSSR count). The number of hydrogen-bond donors (Lipinski definition) is 2. The fourth-order valence-corrected chi connectivity index (χ4v) is 4.00. The SMILES string of the molecule is O=C(CCC1NC(=O)N(c2ccc(F)cc2F)C1=O)Nc1ccc(=O)n(Cc2ccc(Cl)c(Cl)c2)c1. The quantitative estimate of drug-likeness (QED) is 0.440. The Bertz CT molecular complexity index is 1430. The maximum absolute atomic E-state index is 14.1. The molecule has 186 valence electrons. The summed E-state index contributed by atoms with van der Waals surface area (Å²) < 4.78 is 28.6. The molecule has 3 aromatic rings. The molecule has 1 aliphatic rings. The predicted molar refractivity (Wildman–Crippen MR) is 130 cm³/mol. The van der Waals surface area contributed by atoms with E-state index in [0.29, 0.717) is 26.7 Å². The van der Waals surface area contributed by atoms with E-state index in [9.17, 15) is 28.0 Å². The number of halogens is 4. The minimum absolute atomic E-state index is 0.0569. The number of nitrogens with one attached hydrogen (secondary N) is 2. The second-order valence-corrected chi connectivity index (χ2v) is 8.81. The van der Waals surface area contributed by atoms with Crippen molar-refractivity contribution in [2.24, 2.45) is 0 Å². The largest absolute Gasteiger partial charge is 0.329 e. The molecule has 12 heteroatoms. The number of rotatable bonds is 7. The standard InChI is InChI=1S/C24H18Cl2F2N4O4/c25-16-4-1-13(9-17(16)26)11-31-12-15(3-8-22(31)34)29-21(33)7-5-19-23(35)32(24(36)30-19)20-6-2-14(27)10-18(20)28/h1-4,6,8-10,12,19H,5,7,11H2,(H,29,33)(H,30,36). The Balaban J connectivity index is 1.38. The van der Waals surface area contributed by atoms with Crippen molar-refractivity contribution in [2.75, 3.05) is 10.2 Å². The van der Waals surface area contributed by atoms with Crippen molar-refractivity contribution in [3.63, 3.8) is 0 Å². The third-order valence-electron chi connectivity index (χ3n) is 5.43. The van der Waals surface area contributed by atoms with Gasteiger partial charge in [0, 0.05) is 24.8 Å². The second-order valence-electron chi connectivity index (χ2n) is 7.99. The summed E-state index contributed by atoms with van der Waals surface area (Å²) in [6.45, 7) is 0.192. The van der Waals surface area contributed by atoms with Gasteiger partial charge < -0.3 is 15.2 Å². The summed E-state index contributed by atoms with van der Waals surface area (Å²) in [5.41, 5.74) is 0.394. The first-order valence-electron chi connectivity index (χ1n) is 10.7. The lowest BCUT2D eigenvalue weighted by atomic mass is 10.1. The molecule has 8 nitrogen and oxygen atoms in total. The number of anilines is 2. The van der Waals surface area contributed by atoms with Gasteiger partial charge in [-0.05, 0) is 42.3 Å². The molecule has 2 N–H and O–H groups in total. The van der Waals surface area contributed by atoms with Crippen LogP contribution in [-0.2, 0) is 16.1 Å². The molecule has 1 unspecified atom stereocenters. The molecule has 4 amide bonds. The molecule has 0 saturated carbocycles. The van der Waals surface area contributed by atoms with E-state index in [1.807, 2.05) is 0 Å². The number of nitrogens with zero attached hydrogens (tertiary/aromatic N) is 2. The topological polar surface area (TPSA) is 101 Å². The van der Waals surface area contributed by atoms with Crippen LogP contribution in [0.1, 0.15) is 18.4 Å². The molecule has 0 radical (unpaired) electrons. The van der Waals surface area contributed by atoms with Gasteiger partial charge in [-0.1, -0.05) is 29.3 Å². The summed E-state index contributed by atoms with van der Waals surface area (Å²) in [6, 6.07) is 8.26. The Hall–Kier alpha value is -3.76. The zero-order valence-electron chi connectivity index (χ0n) is 18.4. The van der Waals surface area contributed by atoms with E-state index in [2.05, 4.69) is 10.6 Å². The summed E-state index contributed by atoms with van der Waals surface area (Å²) >= 11 is 11.9. The van der Waals surface area contributed by atoms with Crippen molar-refractivity contribution >= 4 is 52.4 Å². The monoisotopic (exact) mass is 534 g/mol. The van der Waals surface area contributed by atoms with Gasteiger partial charge in [0.25, 0.3) is 11.5 Å². The van der Waals surface area contributed by atoms with E-state index in [1.54, 1.807) is 18.2 Å². The molecule has 2 heterocycles. The van der Waals surface area contributed by atoms with Crippen LogP contribution in [0.2, 0.25) is 10.0 Å². The number of pyridine rings is 1. The molecule has 36 heavy (non-hydrogen) atoms. The molecule has 1 saturated heterocycles. The average Bonchev–Trinajstić information content (AvgIpc) is 3.10. The summed E-state index contributed by atoms with van der Waals surface area (Å²) in [4.78, 5) is 50.1. The van der Waals surface area contributed by atoms with E-state index in [4.69, 9.17) is 23.2 Å². The fraction of sp³-hybridized carbons (Fsp3) is 0.167. The number of urea groups is 1. The van der Waals surface area contributed by atoms with Gasteiger partial charge in [-0.3, -0.25) is 14.4 Å². The molecule has 0 bridgehead atoms. The minimum Gasteiger partial charge on any atom is -0.325 e. The molecular formula is C24H18Cl2F2N4O4. The summed E-state index contributed by atoms with van der Waals surface area (Å²) in [5, 5.41) is 5.77. The van der Waals surface area contributed by atoms with E-state index < -0.39 is 35.5 Å². The number of carbonyl (C=O) groups excluding carboxylic acids is 3. The molecular weight excluding hydrogens is 517 g/mol. The third kappa shape index (κ3) is 5.55. The molecule has 1 fully saturated rings. The van der Waals surface area contributed by atoms with Crippen LogP contribution in [0.5, 0.6) is 0 Å². The molecule has 1 aliphatic heterocycles. The van der Waals surface area contributed by atoms with Crippen LogP contribution in [-0.4, -0.2) is 28.5 Å². The summed E-state index contributed by atoms with van der Waals surface area (Å²) in [6.07, 6.45) is 1.26. The highest BCUT2D eigenvalue weighted by molar-refractivity contribution is 6.42. The highest BCUT2D eigenvalue weighted by Crippen LogP contribution is 2.25. The number of benzene rings is 2. The van der Waals surface area contributed by atoms with Crippen molar-refractivity contribution in [1.82, 2.24) is 9.88 Å². The highest BCUT2D eigenvalue weighted by atomic mass is 35.5. The Labute approximate surface area is 213 Å². The fourth-order valence-electron chi connectivity index (χ4n) is 3.68. The van der Waals surface area contributed by atoms with E-state index in [1.165, 1.54) is 22.9 Å². The second kappa shape index (κ2) is 10.5. The Morgan fingerprint density at radius 1 is 1.00 bits per heavy atom. The van der Waals surface area contributed by atoms with E-state index in [0.717, 1.165) is 17.7 Å². The first-order chi connectivity index (χ1) is 17.1. The average molecular weight is 535 g/mol. The van der Waals surface area contributed by atoms with Crippen LogP contribution >= 0.6 is 23.2 Å². The first kappa shape index (κ1) is 25.3. The molecule has 1 aromatic heterocycles. The van der Waals surface area contributed by atoms with Crippen LogP contribution in [0.15, 0.2) is 59.5 Å². The van der Waals surface area contributed by atoms with Crippen LogP contribution in [0.25, 0.3) is 0 Å². The smallest absolute Gasteiger partial charge is 0.325 e. The van der Waals surface area contributed by atoms with Gasteiger partial charge in [-0.15, -0.1) is 0 Å². The number of carbonyl (C=O) groups is 3. The van der Waals surface area contributed by atoms with Gasteiger partial charge in [0.05, 0.1) is 28.0 Å². The van der Waals surface area contributed by atoms with Gasteiger partial charge in [-0.2, -0.15) is 0 Å². The van der Waals surface area contributed by atoms with Crippen LogP contribution < -0.4 is 21.1 Å². The summed E-state index contributed by atoms with van der Waals surface area (Å²) in [7, 11) is 0. The van der Waals surface area contributed by atoms with Gasteiger partial charge >= 0.3 is 6.03 Å². The summed E-state index contributed by atoms with van der Waals surface area (Å²) in [5.74, 6) is -3.13. The highest BCUT2D eigenvalue weighted by Gasteiger charge is 2.40. The maximum Gasteiger partial charge on any atom is 0.329 e. The number of amides is 4. The zero-order valence-corrected chi connectivity index (χ0v) is 19.9. The normalized spacial score (nSPS) is 15.2. The lowest BCUT2D eigenvalue weighted by Gasteiger charge is -2.14. The lowest BCUT2D eigenvalue weighted by molar-refractivity contribution is -0.119. The van der Waals surface area contributed by atoms with Crippen molar-refractivity contribution in [3.8, 4) is 0 Å². The van der Waals surface area contributed by atoms with Crippen molar-refractivity contribution in [1.29, 1.82) is 0 Å². The minimum atomic E-state index is -1.06.